The van der Waals surface area contributed by atoms with Gasteiger partial charge in [0, 0.05) is 0 Å². The van der Waals surface area contributed by atoms with Crippen LogP contribution in [0.2, 0.25) is 0 Å². The highest BCUT2D eigenvalue weighted by Gasteiger charge is 2.50. The Morgan fingerprint density at radius 1 is 1.30 bits per heavy atom. The molecule has 1 N–H and O–H groups in total. The Morgan fingerprint density at radius 2 is 1.85 bits per heavy atom. The van der Waals surface area contributed by atoms with Crippen LogP contribution in [0.15, 0.2) is 24.3 Å². The minimum atomic E-state index is -1.08. The Labute approximate surface area is 122 Å². The van der Waals surface area contributed by atoms with Gasteiger partial charge in [0.05, 0.1) is 11.5 Å². The SMILES string of the molecule is CCC1CCC(C#N)(C(C)(O)c2ccc(C)cc2)CC1. The summed E-state index contributed by atoms with van der Waals surface area (Å²) in [5.74, 6) is 0.713. The second-order valence-corrected chi connectivity index (χ2v) is 6.48. The summed E-state index contributed by atoms with van der Waals surface area (Å²) in [6.07, 6.45) is 4.86. The number of aliphatic hydroxyl groups is 1. The largest absolute Gasteiger partial charge is 0.384 e. The van der Waals surface area contributed by atoms with Gasteiger partial charge in [0.1, 0.15) is 5.60 Å². The van der Waals surface area contributed by atoms with Gasteiger partial charge in [-0.05, 0) is 51.0 Å². The third-order valence-electron chi connectivity index (χ3n) is 5.30. The predicted molar refractivity (Wildman–Crippen MR) is 81.0 cm³/mol. The molecule has 0 aliphatic heterocycles. The average molecular weight is 271 g/mol. The van der Waals surface area contributed by atoms with Gasteiger partial charge >= 0.3 is 0 Å². The summed E-state index contributed by atoms with van der Waals surface area (Å²) >= 11 is 0. The first-order valence-electron chi connectivity index (χ1n) is 7.66. The molecule has 2 nitrogen and oxygen atoms in total. The van der Waals surface area contributed by atoms with E-state index in [1.165, 1.54) is 12.0 Å². The van der Waals surface area contributed by atoms with Gasteiger partial charge in [-0.15, -0.1) is 0 Å². The lowest BCUT2D eigenvalue weighted by Gasteiger charge is -2.45. The third kappa shape index (κ3) is 2.47. The van der Waals surface area contributed by atoms with Crippen LogP contribution < -0.4 is 0 Å². The van der Waals surface area contributed by atoms with Crippen molar-refractivity contribution in [2.45, 2.75) is 58.5 Å². The summed E-state index contributed by atoms with van der Waals surface area (Å²) in [6.45, 7) is 6.06. The summed E-state index contributed by atoms with van der Waals surface area (Å²) < 4.78 is 0. The minimum Gasteiger partial charge on any atom is -0.384 e. The van der Waals surface area contributed by atoms with Crippen LogP contribution >= 0.6 is 0 Å². The summed E-state index contributed by atoms with van der Waals surface area (Å²) in [6, 6.07) is 10.4. The van der Waals surface area contributed by atoms with Gasteiger partial charge in [0.15, 0.2) is 0 Å². The average Bonchev–Trinajstić information content (AvgIpc) is 2.47. The molecule has 0 bridgehead atoms. The Hall–Kier alpha value is -1.33. The molecule has 0 aromatic heterocycles. The predicted octanol–water partition coefficient (Wildman–Crippen LogP) is 4.31. The van der Waals surface area contributed by atoms with Crippen molar-refractivity contribution in [3.63, 3.8) is 0 Å². The fourth-order valence-electron chi connectivity index (χ4n) is 3.44. The third-order valence-corrected chi connectivity index (χ3v) is 5.30. The van der Waals surface area contributed by atoms with Gasteiger partial charge in [0.25, 0.3) is 0 Å². The van der Waals surface area contributed by atoms with Crippen molar-refractivity contribution in [1.82, 2.24) is 0 Å². The molecule has 0 spiro atoms. The van der Waals surface area contributed by atoms with Gasteiger partial charge in [-0.25, -0.2) is 0 Å². The monoisotopic (exact) mass is 271 g/mol. The molecule has 1 atom stereocenters. The molecule has 0 amide bonds. The maximum atomic E-state index is 11.1. The van der Waals surface area contributed by atoms with Crippen LogP contribution in [-0.2, 0) is 5.60 Å². The van der Waals surface area contributed by atoms with E-state index >= 15 is 0 Å². The zero-order valence-electron chi connectivity index (χ0n) is 12.8. The first-order chi connectivity index (χ1) is 9.45. The highest BCUT2D eigenvalue weighted by molar-refractivity contribution is 5.31. The normalized spacial score (nSPS) is 29.4. The van der Waals surface area contributed by atoms with Gasteiger partial charge in [-0.2, -0.15) is 5.26 Å². The summed E-state index contributed by atoms with van der Waals surface area (Å²) in [4.78, 5) is 0. The number of benzene rings is 1. The molecule has 0 saturated heterocycles. The van der Waals surface area contributed by atoms with Crippen LogP contribution in [0.1, 0.15) is 57.1 Å². The van der Waals surface area contributed by atoms with E-state index in [1.807, 2.05) is 38.1 Å². The first-order valence-corrected chi connectivity index (χ1v) is 7.66. The molecule has 2 rings (SSSR count). The first kappa shape index (κ1) is 15.1. The lowest BCUT2D eigenvalue weighted by atomic mass is 9.60. The fraction of sp³-hybridized carbons (Fsp3) is 0.611. The highest BCUT2D eigenvalue weighted by Crippen LogP contribution is 2.51. The smallest absolute Gasteiger partial charge is 0.105 e. The lowest BCUT2D eigenvalue weighted by Crippen LogP contribution is -2.45. The molecule has 0 radical (unpaired) electrons. The molecule has 1 aromatic rings. The van der Waals surface area contributed by atoms with Crippen molar-refractivity contribution in [2.24, 2.45) is 11.3 Å². The Bertz CT molecular complexity index is 487. The fourth-order valence-corrected chi connectivity index (χ4v) is 3.44. The number of hydrogen-bond donors (Lipinski definition) is 1. The van der Waals surface area contributed by atoms with Gasteiger partial charge in [-0.3, -0.25) is 0 Å². The van der Waals surface area contributed by atoms with Crippen LogP contribution in [0, 0.1) is 29.6 Å². The molecule has 0 heterocycles. The van der Waals surface area contributed by atoms with E-state index in [-0.39, 0.29) is 0 Å². The molecule has 1 aliphatic rings. The molecule has 20 heavy (non-hydrogen) atoms. The maximum Gasteiger partial charge on any atom is 0.105 e. The van der Waals surface area contributed by atoms with Crippen molar-refractivity contribution in [3.05, 3.63) is 35.4 Å². The van der Waals surface area contributed by atoms with Gasteiger partial charge in [0.2, 0.25) is 0 Å². The number of nitriles is 1. The highest BCUT2D eigenvalue weighted by atomic mass is 16.3. The molecule has 108 valence electrons. The zero-order valence-corrected chi connectivity index (χ0v) is 12.8. The number of nitrogens with zero attached hydrogens (tertiary/aromatic N) is 1. The van der Waals surface area contributed by atoms with Crippen molar-refractivity contribution in [1.29, 1.82) is 5.26 Å². The number of rotatable bonds is 3. The molecule has 1 saturated carbocycles. The van der Waals surface area contributed by atoms with Crippen LogP contribution in [0.5, 0.6) is 0 Å². The van der Waals surface area contributed by atoms with Crippen LogP contribution in [0.4, 0.5) is 0 Å². The number of aryl methyl sites for hydroxylation is 1. The van der Waals surface area contributed by atoms with E-state index in [2.05, 4.69) is 13.0 Å². The quantitative estimate of drug-likeness (QED) is 0.890. The summed E-state index contributed by atoms with van der Waals surface area (Å²) in [7, 11) is 0. The molecule has 1 unspecified atom stereocenters. The summed E-state index contributed by atoms with van der Waals surface area (Å²) in [5, 5.41) is 20.8. The Morgan fingerprint density at radius 3 is 2.30 bits per heavy atom. The molecule has 2 heteroatoms. The lowest BCUT2D eigenvalue weighted by molar-refractivity contribution is -0.0698. The second-order valence-electron chi connectivity index (χ2n) is 6.48. The van der Waals surface area contributed by atoms with E-state index in [9.17, 15) is 10.4 Å². The van der Waals surface area contributed by atoms with Crippen LogP contribution in [0.3, 0.4) is 0 Å². The van der Waals surface area contributed by atoms with E-state index in [4.69, 9.17) is 0 Å². The minimum absolute atomic E-state index is 0.645. The molecule has 1 fully saturated rings. The van der Waals surface area contributed by atoms with E-state index in [1.54, 1.807) is 0 Å². The second kappa shape index (κ2) is 5.58. The van der Waals surface area contributed by atoms with E-state index in [0.717, 1.165) is 31.2 Å². The molecular weight excluding hydrogens is 246 g/mol. The molecule has 1 aliphatic carbocycles. The molecule has 1 aromatic carbocycles. The van der Waals surface area contributed by atoms with Crippen LogP contribution in [-0.4, -0.2) is 5.11 Å². The Balaban J connectivity index is 2.31. The van der Waals surface area contributed by atoms with Crippen LogP contribution in [0.25, 0.3) is 0 Å². The van der Waals surface area contributed by atoms with Crippen molar-refractivity contribution >= 4 is 0 Å². The summed E-state index contributed by atoms with van der Waals surface area (Å²) in [5.41, 5.74) is 0.312. The molecular formula is C18H25NO. The van der Waals surface area contributed by atoms with E-state index < -0.39 is 11.0 Å². The van der Waals surface area contributed by atoms with Crippen molar-refractivity contribution < 1.29 is 5.11 Å². The van der Waals surface area contributed by atoms with Crippen molar-refractivity contribution in [3.8, 4) is 6.07 Å². The zero-order chi connectivity index (χ0) is 14.8. The van der Waals surface area contributed by atoms with E-state index in [0.29, 0.717) is 5.92 Å². The topological polar surface area (TPSA) is 44.0 Å². The maximum absolute atomic E-state index is 11.1. The Kier molecular flexibility index (Phi) is 4.20. The van der Waals surface area contributed by atoms with Crippen molar-refractivity contribution in [2.75, 3.05) is 0 Å². The number of hydrogen-bond acceptors (Lipinski definition) is 2. The van der Waals surface area contributed by atoms with Gasteiger partial charge in [-0.1, -0.05) is 43.2 Å². The standard InChI is InChI=1S/C18H25NO/c1-4-15-9-11-18(13-19,12-10-15)17(3,20)16-7-5-14(2)6-8-16/h5-8,15,20H,4,9-12H2,1-3H3. The van der Waals surface area contributed by atoms with Gasteiger partial charge < -0.3 is 5.11 Å².